The summed E-state index contributed by atoms with van der Waals surface area (Å²) in [7, 11) is 1.69. The summed E-state index contributed by atoms with van der Waals surface area (Å²) < 4.78 is 15.4. The molecule has 0 bridgehead atoms. The molecule has 0 amide bonds. The number of hydrogen-bond acceptors (Lipinski definition) is 6. The number of benzene rings is 1. The smallest absolute Gasteiger partial charge is 0.165 e. The number of ether oxygens (including phenoxy) is 2. The van der Waals surface area contributed by atoms with E-state index in [1.165, 1.54) is 0 Å². The Morgan fingerprint density at radius 1 is 1.18 bits per heavy atom. The molecule has 172 valence electrons. The van der Waals surface area contributed by atoms with Gasteiger partial charge in [0, 0.05) is 48.9 Å². The Morgan fingerprint density at radius 3 is 2.82 bits per heavy atom. The number of nitrogens with zero attached hydrogens (tertiary/aromatic N) is 6. The lowest BCUT2D eigenvalue weighted by Gasteiger charge is -2.27. The van der Waals surface area contributed by atoms with E-state index in [-0.39, 0.29) is 0 Å². The third-order valence-electron chi connectivity index (χ3n) is 6.28. The minimum absolute atomic E-state index is 0.353. The highest BCUT2D eigenvalue weighted by molar-refractivity contribution is 5.85. The van der Waals surface area contributed by atoms with Gasteiger partial charge in [-0.05, 0) is 51.8 Å². The molecule has 0 radical (unpaired) electrons. The zero-order valence-electron chi connectivity index (χ0n) is 19.7. The summed E-state index contributed by atoms with van der Waals surface area (Å²) in [5.41, 5.74) is 5.62. The maximum Gasteiger partial charge on any atom is 0.165 e. The van der Waals surface area contributed by atoms with Gasteiger partial charge < -0.3 is 14.4 Å². The molecule has 0 N–H and O–H groups in total. The molecule has 0 spiro atoms. The lowest BCUT2D eigenvalue weighted by Crippen LogP contribution is -2.34. The van der Waals surface area contributed by atoms with E-state index in [4.69, 9.17) is 19.6 Å². The first-order chi connectivity index (χ1) is 16.1. The van der Waals surface area contributed by atoms with Crippen LogP contribution in [0.2, 0.25) is 0 Å². The molecule has 5 rings (SSSR count). The third kappa shape index (κ3) is 3.84. The molecule has 4 aromatic rings. The van der Waals surface area contributed by atoms with Crippen molar-refractivity contribution in [3.05, 3.63) is 54.1 Å². The average molecular weight is 447 g/mol. The molecule has 4 heterocycles. The Bertz CT molecular complexity index is 1260. The normalized spacial score (nSPS) is 16.1. The van der Waals surface area contributed by atoms with Crippen LogP contribution in [0.15, 0.2) is 42.7 Å². The van der Waals surface area contributed by atoms with Crippen LogP contribution in [0.25, 0.3) is 22.5 Å². The summed E-state index contributed by atoms with van der Waals surface area (Å²) in [6.07, 6.45) is 5.96. The molecule has 8 heteroatoms. The first kappa shape index (κ1) is 21.5. The van der Waals surface area contributed by atoms with E-state index in [1.54, 1.807) is 13.3 Å². The molecule has 1 saturated heterocycles. The molecule has 0 unspecified atom stereocenters. The quantitative estimate of drug-likeness (QED) is 0.424. The molecule has 1 aliphatic heterocycles. The van der Waals surface area contributed by atoms with Crippen molar-refractivity contribution in [1.29, 1.82) is 0 Å². The second kappa shape index (κ2) is 8.86. The molecule has 1 atom stereocenters. The van der Waals surface area contributed by atoms with Crippen LogP contribution >= 0.6 is 0 Å². The van der Waals surface area contributed by atoms with E-state index in [1.807, 2.05) is 54.4 Å². The summed E-state index contributed by atoms with van der Waals surface area (Å²) in [5.74, 6) is 1.84. The summed E-state index contributed by atoms with van der Waals surface area (Å²) in [4.78, 5) is 7.33. The van der Waals surface area contributed by atoms with E-state index in [2.05, 4.69) is 22.1 Å². The summed E-state index contributed by atoms with van der Waals surface area (Å²) in [6, 6.07) is 10.5. The van der Waals surface area contributed by atoms with E-state index in [0.717, 1.165) is 78.0 Å². The maximum absolute atomic E-state index is 5.80. The van der Waals surface area contributed by atoms with E-state index in [0.29, 0.717) is 6.04 Å². The lowest BCUT2D eigenvalue weighted by molar-refractivity contribution is 0.133. The zero-order valence-corrected chi connectivity index (χ0v) is 19.7. The highest BCUT2D eigenvalue weighted by atomic mass is 16.5. The molecular weight excluding hydrogens is 416 g/mol. The fraction of sp³-hybridized carbons (Fsp3) is 0.400. The molecule has 1 fully saturated rings. The second-order valence-electron chi connectivity index (χ2n) is 8.44. The van der Waals surface area contributed by atoms with Gasteiger partial charge in [-0.2, -0.15) is 14.7 Å². The van der Waals surface area contributed by atoms with Crippen molar-refractivity contribution < 1.29 is 9.47 Å². The first-order valence-corrected chi connectivity index (χ1v) is 11.5. The van der Waals surface area contributed by atoms with Gasteiger partial charge in [-0.15, -0.1) is 0 Å². The van der Waals surface area contributed by atoms with E-state index in [9.17, 15) is 0 Å². The van der Waals surface area contributed by atoms with Crippen LogP contribution < -0.4 is 9.64 Å². The van der Waals surface area contributed by atoms with Gasteiger partial charge in [0.25, 0.3) is 0 Å². The molecule has 0 saturated carbocycles. The fourth-order valence-electron chi connectivity index (χ4n) is 4.76. The van der Waals surface area contributed by atoms with Crippen LogP contribution in [0.3, 0.4) is 0 Å². The predicted molar refractivity (Wildman–Crippen MR) is 128 cm³/mol. The second-order valence-corrected chi connectivity index (χ2v) is 8.44. The van der Waals surface area contributed by atoms with Gasteiger partial charge in [0.1, 0.15) is 11.6 Å². The number of anilines is 1. The van der Waals surface area contributed by atoms with E-state index < -0.39 is 0 Å². The monoisotopic (exact) mass is 446 g/mol. The number of aryl methyl sites for hydroxylation is 2. The number of aromatic nitrogens is 5. The van der Waals surface area contributed by atoms with Crippen molar-refractivity contribution in [2.24, 2.45) is 0 Å². The summed E-state index contributed by atoms with van der Waals surface area (Å²) in [5, 5.41) is 9.27. The van der Waals surface area contributed by atoms with Gasteiger partial charge >= 0.3 is 0 Å². The Hall–Kier alpha value is -3.39. The minimum Gasteiger partial charge on any atom is -0.496 e. The van der Waals surface area contributed by atoms with Crippen molar-refractivity contribution in [3.63, 3.8) is 0 Å². The summed E-state index contributed by atoms with van der Waals surface area (Å²) >= 11 is 0. The minimum atomic E-state index is 0.353. The average Bonchev–Trinajstić information content (AvgIpc) is 3.57. The SMILES string of the molecule is CCOC[C@@H]1CCCN1c1cc(C)nc2c(-c3ccc(-n4cccn4)cc3OC)c(C)nn12. The van der Waals surface area contributed by atoms with Gasteiger partial charge in [0.05, 0.1) is 36.7 Å². The molecule has 0 aliphatic carbocycles. The zero-order chi connectivity index (χ0) is 22.9. The van der Waals surface area contributed by atoms with Crippen LogP contribution in [0.4, 0.5) is 5.82 Å². The predicted octanol–water partition coefficient (Wildman–Crippen LogP) is 4.21. The van der Waals surface area contributed by atoms with Gasteiger partial charge in [-0.1, -0.05) is 0 Å². The Labute approximate surface area is 193 Å². The maximum atomic E-state index is 5.80. The molecule has 1 aliphatic rings. The fourth-order valence-corrected chi connectivity index (χ4v) is 4.76. The Morgan fingerprint density at radius 2 is 2.06 bits per heavy atom. The topological polar surface area (TPSA) is 69.7 Å². The molecular formula is C25H30N6O2. The first-order valence-electron chi connectivity index (χ1n) is 11.5. The van der Waals surface area contributed by atoms with Crippen molar-refractivity contribution in [2.75, 3.05) is 31.8 Å². The van der Waals surface area contributed by atoms with Gasteiger partial charge in [0.15, 0.2) is 5.65 Å². The lowest BCUT2D eigenvalue weighted by atomic mass is 10.0. The Balaban J connectivity index is 1.63. The highest BCUT2D eigenvalue weighted by Crippen LogP contribution is 2.38. The van der Waals surface area contributed by atoms with Gasteiger partial charge in [-0.3, -0.25) is 0 Å². The Kier molecular flexibility index (Phi) is 5.76. The van der Waals surface area contributed by atoms with Crippen LogP contribution in [-0.2, 0) is 4.74 Å². The molecule has 3 aromatic heterocycles. The van der Waals surface area contributed by atoms with Crippen molar-refractivity contribution in [2.45, 2.75) is 39.7 Å². The van der Waals surface area contributed by atoms with Crippen LogP contribution in [0.1, 0.15) is 31.2 Å². The third-order valence-corrected chi connectivity index (χ3v) is 6.28. The van der Waals surface area contributed by atoms with E-state index >= 15 is 0 Å². The van der Waals surface area contributed by atoms with Gasteiger partial charge in [-0.25, -0.2) is 9.67 Å². The number of fused-ring (bicyclic) bond motifs is 1. The highest BCUT2D eigenvalue weighted by Gasteiger charge is 2.29. The van der Waals surface area contributed by atoms with Crippen molar-refractivity contribution in [3.8, 4) is 22.6 Å². The number of rotatable bonds is 7. The standard InChI is InChI=1S/C25H30N6O2/c1-5-33-16-20-8-6-12-29(20)23-14-17(2)27-25-24(18(3)28-31(23)25)21-10-9-19(15-22(21)32-4)30-13-7-11-26-30/h7,9-11,13-15,20H,5-6,8,12,16H2,1-4H3/t20-/m0/s1. The molecule has 33 heavy (non-hydrogen) atoms. The van der Waals surface area contributed by atoms with Crippen molar-refractivity contribution in [1.82, 2.24) is 24.4 Å². The number of hydrogen-bond donors (Lipinski definition) is 0. The molecule has 1 aromatic carbocycles. The van der Waals surface area contributed by atoms with Crippen LogP contribution in [0.5, 0.6) is 5.75 Å². The van der Waals surface area contributed by atoms with Crippen LogP contribution in [-0.4, -0.2) is 57.3 Å². The number of methoxy groups -OCH3 is 1. The van der Waals surface area contributed by atoms with Crippen molar-refractivity contribution >= 4 is 11.5 Å². The molecule has 8 nitrogen and oxygen atoms in total. The van der Waals surface area contributed by atoms with Gasteiger partial charge in [0.2, 0.25) is 0 Å². The summed E-state index contributed by atoms with van der Waals surface area (Å²) in [6.45, 7) is 8.57. The van der Waals surface area contributed by atoms with Crippen LogP contribution in [0, 0.1) is 13.8 Å². The largest absolute Gasteiger partial charge is 0.496 e.